The van der Waals surface area contributed by atoms with Crippen molar-refractivity contribution < 1.29 is 19.0 Å². The number of cyclic esters (lactones) is 1. The third kappa shape index (κ3) is 1.21. The predicted molar refractivity (Wildman–Crippen MR) is 39.4 cm³/mol. The van der Waals surface area contributed by atoms with Crippen LogP contribution in [0.25, 0.3) is 0 Å². The van der Waals surface area contributed by atoms with Crippen LogP contribution in [0.2, 0.25) is 0 Å². The van der Waals surface area contributed by atoms with E-state index in [-0.39, 0.29) is 5.97 Å². The minimum absolute atomic E-state index is 0.198. The molecule has 2 aliphatic heterocycles. The van der Waals surface area contributed by atoms with Gasteiger partial charge in [-0.05, 0) is 13.8 Å². The van der Waals surface area contributed by atoms with E-state index in [0.29, 0.717) is 19.6 Å². The van der Waals surface area contributed by atoms with E-state index in [9.17, 15) is 4.79 Å². The first kappa shape index (κ1) is 8.01. The molecule has 2 fully saturated rings. The lowest BCUT2D eigenvalue weighted by atomic mass is 10.1. The molecule has 0 saturated carbocycles. The monoisotopic (exact) mass is 172 g/mol. The Morgan fingerprint density at radius 1 is 1.33 bits per heavy atom. The van der Waals surface area contributed by atoms with Crippen LogP contribution in [0, 0.1) is 0 Å². The zero-order valence-corrected chi connectivity index (χ0v) is 7.25. The van der Waals surface area contributed by atoms with Crippen molar-refractivity contribution >= 4 is 5.97 Å². The summed E-state index contributed by atoms with van der Waals surface area (Å²) in [6.07, 6.45) is 0.316. The fourth-order valence-corrected chi connectivity index (χ4v) is 1.62. The quantitative estimate of drug-likeness (QED) is 0.498. The number of hydrogen-bond donors (Lipinski definition) is 0. The van der Waals surface area contributed by atoms with Crippen molar-refractivity contribution in [2.24, 2.45) is 0 Å². The molecule has 0 N–H and O–H groups in total. The molecular weight excluding hydrogens is 160 g/mol. The number of carbonyl (C=O) groups is 1. The van der Waals surface area contributed by atoms with Crippen LogP contribution in [0.3, 0.4) is 0 Å². The van der Waals surface area contributed by atoms with Gasteiger partial charge in [-0.2, -0.15) is 0 Å². The van der Waals surface area contributed by atoms with Gasteiger partial charge in [-0.3, -0.25) is 4.79 Å². The maximum Gasteiger partial charge on any atom is 0.309 e. The van der Waals surface area contributed by atoms with Crippen LogP contribution < -0.4 is 0 Å². The van der Waals surface area contributed by atoms with E-state index >= 15 is 0 Å². The van der Waals surface area contributed by atoms with Gasteiger partial charge in [0.25, 0.3) is 0 Å². The molecular formula is C8H12O4. The van der Waals surface area contributed by atoms with Gasteiger partial charge < -0.3 is 14.2 Å². The van der Waals surface area contributed by atoms with E-state index in [1.165, 1.54) is 0 Å². The molecule has 1 spiro atoms. The Bertz CT molecular complexity index is 223. The average molecular weight is 172 g/mol. The van der Waals surface area contributed by atoms with Gasteiger partial charge >= 0.3 is 5.97 Å². The molecule has 2 rings (SSSR count). The van der Waals surface area contributed by atoms with Crippen LogP contribution in [0.5, 0.6) is 0 Å². The first-order valence-electron chi connectivity index (χ1n) is 4.01. The van der Waals surface area contributed by atoms with Crippen LogP contribution in [-0.4, -0.2) is 30.6 Å². The number of hydrogen-bond acceptors (Lipinski definition) is 4. The highest BCUT2D eigenvalue weighted by atomic mass is 16.8. The van der Waals surface area contributed by atoms with Gasteiger partial charge in [0.1, 0.15) is 12.2 Å². The maximum absolute atomic E-state index is 10.9. The minimum atomic E-state index is -0.575. The molecule has 2 heterocycles. The van der Waals surface area contributed by atoms with E-state index in [0.717, 1.165) is 0 Å². The Morgan fingerprint density at radius 3 is 2.50 bits per heavy atom. The summed E-state index contributed by atoms with van der Waals surface area (Å²) in [4.78, 5) is 10.9. The molecule has 2 aliphatic rings. The van der Waals surface area contributed by atoms with E-state index in [4.69, 9.17) is 14.2 Å². The van der Waals surface area contributed by atoms with Gasteiger partial charge in [0.2, 0.25) is 0 Å². The summed E-state index contributed by atoms with van der Waals surface area (Å²) >= 11 is 0. The van der Waals surface area contributed by atoms with Crippen molar-refractivity contribution in [1.82, 2.24) is 0 Å². The maximum atomic E-state index is 10.9. The third-order valence-corrected chi connectivity index (χ3v) is 2.11. The summed E-state index contributed by atoms with van der Waals surface area (Å²) in [6.45, 7) is 4.45. The molecule has 0 aromatic heterocycles. The van der Waals surface area contributed by atoms with E-state index in [1.54, 1.807) is 0 Å². The second-order valence-corrected chi connectivity index (χ2v) is 3.81. The Morgan fingerprint density at radius 2 is 2.08 bits per heavy atom. The van der Waals surface area contributed by atoms with Gasteiger partial charge in [-0.25, -0.2) is 0 Å². The van der Waals surface area contributed by atoms with Crippen LogP contribution in [0.1, 0.15) is 20.3 Å². The Balaban J connectivity index is 2.11. The molecule has 0 amide bonds. The molecule has 0 aromatic carbocycles. The largest absolute Gasteiger partial charge is 0.462 e. The summed E-state index contributed by atoms with van der Waals surface area (Å²) in [5.41, 5.74) is -0.499. The lowest BCUT2D eigenvalue weighted by Crippen LogP contribution is -2.34. The van der Waals surface area contributed by atoms with Crippen LogP contribution in [0.15, 0.2) is 0 Å². The summed E-state index contributed by atoms with van der Waals surface area (Å²) < 4.78 is 15.8. The van der Waals surface area contributed by atoms with Crippen LogP contribution in [-0.2, 0) is 19.0 Å². The molecule has 2 saturated heterocycles. The first-order chi connectivity index (χ1) is 5.52. The number of esters is 1. The smallest absolute Gasteiger partial charge is 0.309 e. The lowest BCUT2D eigenvalue weighted by molar-refractivity contribution is -0.160. The second-order valence-electron chi connectivity index (χ2n) is 3.81. The number of ether oxygens (including phenoxy) is 3. The van der Waals surface area contributed by atoms with Crippen molar-refractivity contribution in [1.29, 1.82) is 0 Å². The standard InChI is InChI=1S/C8H12O4/c1-7(2)11-5-8(12-7)3-6(9)10-4-8/h3-5H2,1-2H3. The van der Waals surface area contributed by atoms with Crippen LogP contribution in [0.4, 0.5) is 0 Å². The summed E-state index contributed by atoms with van der Waals surface area (Å²) in [6, 6.07) is 0. The van der Waals surface area contributed by atoms with E-state index in [1.807, 2.05) is 13.8 Å². The van der Waals surface area contributed by atoms with E-state index < -0.39 is 11.4 Å². The first-order valence-corrected chi connectivity index (χ1v) is 4.01. The highest BCUT2D eigenvalue weighted by Gasteiger charge is 2.51. The fraction of sp³-hybridized carbons (Fsp3) is 0.875. The molecule has 12 heavy (non-hydrogen) atoms. The highest BCUT2D eigenvalue weighted by Crippen LogP contribution is 2.36. The zero-order chi connectivity index (χ0) is 8.82. The lowest BCUT2D eigenvalue weighted by Gasteiger charge is -2.21. The zero-order valence-electron chi connectivity index (χ0n) is 7.25. The molecule has 0 aliphatic carbocycles. The number of rotatable bonds is 0. The summed E-state index contributed by atoms with van der Waals surface area (Å²) in [5.74, 6) is -0.773. The van der Waals surface area contributed by atoms with Gasteiger partial charge in [0.15, 0.2) is 5.79 Å². The molecule has 68 valence electrons. The molecule has 0 radical (unpaired) electrons. The Hall–Kier alpha value is -0.610. The third-order valence-electron chi connectivity index (χ3n) is 2.11. The summed E-state index contributed by atoms with van der Waals surface area (Å²) in [7, 11) is 0. The molecule has 4 nitrogen and oxygen atoms in total. The minimum Gasteiger partial charge on any atom is -0.462 e. The molecule has 1 atom stereocenters. The van der Waals surface area contributed by atoms with Crippen molar-refractivity contribution in [3.63, 3.8) is 0 Å². The normalized spacial score (nSPS) is 39.0. The van der Waals surface area contributed by atoms with Crippen molar-refractivity contribution in [3.05, 3.63) is 0 Å². The van der Waals surface area contributed by atoms with Crippen molar-refractivity contribution in [2.75, 3.05) is 13.2 Å². The summed E-state index contributed by atoms with van der Waals surface area (Å²) in [5, 5.41) is 0. The predicted octanol–water partition coefficient (Wildman–Crippen LogP) is 0.455. The van der Waals surface area contributed by atoms with Gasteiger partial charge in [-0.15, -0.1) is 0 Å². The fourth-order valence-electron chi connectivity index (χ4n) is 1.62. The highest BCUT2D eigenvalue weighted by molar-refractivity contribution is 5.73. The van der Waals surface area contributed by atoms with Gasteiger partial charge in [-0.1, -0.05) is 0 Å². The molecule has 1 unspecified atom stereocenters. The average Bonchev–Trinajstić information content (AvgIpc) is 2.41. The van der Waals surface area contributed by atoms with Crippen molar-refractivity contribution in [3.8, 4) is 0 Å². The second kappa shape index (κ2) is 2.20. The van der Waals surface area contributed by atoms with E-state index in [2.05, 4.69) is 0 Å². The number of carbonyl (C=O) groups excluding carboxylic acids is 1. The Kier molecular flexibility index (Phi) is 1.47. The van der Waals surface area contributed by atoms with Crippen LogP contribution >= 0.6 is 0 Å². The van der Waals surface area contributed by atoms with Crippen molar-refractivity contribution in [2.45, 2.75) is 31.7 Å². The Labute approximate surface area is 70.8 Å². The molecule has 0 bridgehead atoms. The SMILES string of the molecule is CC1(C)OCC2(COC(=O)C2)O1. The van der Waals surface area contributed by atoms with Gasteiger partial charge in [0, 0.05) is 0 Å². The molecule has 4 heteroatoms. The van der Waals surface area contributed by atoms with Gasteiger partial charge in [0.05, 0.1) is 13.0 Å². The molecule has 0 aromatic rings. The topological polar surface area (TPSA) is 44.8 Å².